The zero-order valence-electron chi connectivity index (χ0n) is 10.4. The van der Waals surface area contributed by atoms with E-state index in [9.17, 15) is 4.79 Å². The van der Waals surface area contributed by atoms with Crippen LogP contribution in [0.3, 0.4) is 0 Å². The lowest BCUT2D eigenvalue weighted by atomic mass is 10.3. The van der Waals surface area contributed by atoms with E-state index >= 15 is 0 Å². The predicted molar refractivity (Wildman–Crippen MR) is 79.7 cm³/mol. The van der Waals surface area contributed by atoms with Crippen LogP contribution >= 0.6 is 22.9 Å². The van der Waals surface area contributed by atoms with Crippen LogP contribution in [0, 0.1) is 6.92 Å². The van der Waals surface area contributed by atoms with Crippen LogP contribution in [-0.2, 0) is 0 Å². The van der Waals surface area contributed by atoms with Gasteiger partial charge in [0.15, 0.2) is 4.83 Å². The van der Waals surface area contributed by atoms with Gasteiger partial charge in [0.05, 0.1) is 11.4 Å². The normalized spacial score (nSPS) is 11.5. The molecule has 0 aliphatic rings. The van der Waals surface area contributed by atoms with Crippen molar-refractivity contribution in [3.05, 3.63) is 56.8 Å². The van der Waals surface area contributed by atoms with Gasteiger partial charge in [0.2, 0.25) is 0 Å². The average molecular weight is 305 g/mol. The zero-order chi connectivity index (χ0) is 14.1. The van der Waals surface area contributed by atoms with Gasteiger partial charge in [0, 0.05) is 11.1 Å². The van der Waals surface area contributed by atoms with Crippen molar-refractivity contribution in [1.29, 1.82) is 0 Å². The number of hydrogen-bond donors (Lipinski definition) is 0. The van der Waals surface area contributed by atoms with Gasteiger partial charge >= 0.3 is 0 Å². The van der Waals surface area contributed by atoms with Crippen molar-refractivity contribution in [2.45, 2.75) is 6.92 Å². The fourth-order valence-corrected chi connectivity index (χ4v) is 2.68. The van der Waals surface area contributed by atoms with Crippen LogP contribution in [0.2, 0.25) is 5.02 Å². The molecule has 1 aromatic carbocycles. The Morgan fingerprint density at radius 2 is 1.95 bits per heavy atom. The summed E-state index contributed by atoms with van der Waals surface area (Å²) in [5, 5.41) is 14.9. The minimum absolute atomic E-state index is 0.171. The molecule has 3 rings (SSSR count). The molecule has 5 nitrogen and oxygen atoms in total. The van der Waals surface area contributed by atoms with E-state index in [0.29, 0.717) is 26.9 Å². The molecule has 100 valence electrons. The fourth-order valence-electron chi connectivity index (χ4n) is 1.71. The van der Waals surface area contributed by atoms with Gasteiger partial charge in [-0.2, -0.15) is 14.7 Å². The van der Waals surface area contributed by atoms with E-state index in [1.807, 2.05) is 0 Å². The molecule has 0 fully saturated rings. The van der Waals surface area contributed by atoms with Gasteiger partial charge in [-0.3, -0.25) is 4.79 Å². The molecule has 0 aliphatic heterocycles. The summed E-state index contributed by atoms with van der Waals surface area (Å²) in [5.41, 5.74) is 1.80. The predicted octanol–water partition coefficient (Wildman–Crippen LogP) is 4.13. The van der Waals surface area contributed by atoms with E-state index in [-0.39, 0.29) is 5.56 Å². The number of nitrogens with zero attached hydrogens (tertiary/aromatic N) is 4. The molecular weight excluding hydrogens is 296 g/mol. The van der Waals surface area contributed by atoms with Crippen molar-refractivity contribution in [3.8, 4) is 0 Å². The third-order valence-corrected chi connectivity index (χ3v) is 3.79. The first kappa shape index (κ1) is 13.0. The van der Waals surface area contributed by atoms with Crippen LogP contribution in [0.4, 0.5) is 11.4 Å². The van der Waals surface area contributed by atoms with Gasteiger partial charge in [-0.1, -0.05) is 11.6 Å². The Balaban J connectivity index is 2.06. The summed E-state index contributed by atoms with van der Waals surface area (Å²) in [6.07, 6.45) is 0. The van der Waals surface area contributed by atoms with Crippen LogP contribution < -0.4 is 5.56 Å². The summed E-state index contributed by atoms with van der Waals surface area (Å²) in [6.45, 7) is 1.80. The Morgan fingerprint density at radius 3 is 2.70 bits per heavy atom. The van der Waals surface area contributed by atoms with Crippen LogP contribution in [0.1, 0.15) is 5.69 Å². The van der Waals surface area contributed by atoms with Crippen LogP contribution in [0.15, 0.2) is 50.7 Å². The van der Waals surface area contributed by atoms with E-state index in [2.05, 4.69) is 15.3 Å². The van der Waals surface area contributed by atoms with Gasteiger partial charge in [-0.15, -0.1) is 16.5 Å². The Hall–Kier alpha value is -2.05. The number of aryl methyl sites for hydroxylation is 1. The second kappa shape index (κ2) is 5.15. The first-order valence-corrected chi connectivity index (χ1v) is 7.05. The van der Waals surface area contributed by atoms with E-state index in [0.717, 1.165) is 0 Å². The molecule has 20 heavy (non-hydrogen) atoms. The van der Waals surface area contributed by atoms with Gasteiger partial charge in [0.1, 0.15) is 5.69 Å². The maximum absolute atomic E-state index is 11.7. The minimum Gasteiger partial charge on any atom is -0.267 e. The molecule has 0 spiro atoms. The van der Waals surface area contributed by atoms with E-state index < -0.39 is 0 Å². The molecule has 7 heteroatoms. The molecule has 0 atom stereocenters. The summed E-state index contributed by atoms with van der Waals surface area (Å²) >= 11 is 7.22. The molecule has 0 saturated heterocycles. The smallest absolute Gasteiger partial charge is 0.267 e. The number of rotatable bonds is 2. The SMILES string of the molecule is Cc1nn2c(=O)ccsc2c1N=Nc1ccc(Cl)cc1. The number of aromatic nitrogens is 2. The van der Waals surface area contributed by atoms with Gasteiger partial charge < -0.3 is 0 Å². The molecular formula is C13H9ClN4OS. The first-order chi connectivity index (χ1) is 9.65. The maximum atomic E-state index is 11.7. The van der Waals surface area contributed by atoms with Crippen molar-refractivity contribution >= 4 is 39.1 Å². The Bertz CT molecular complexity index is 851. The number of fused-ring (bicyclic) bond motifs is 1. The van der Waals surface area contributed by atoms with Gasteiger partial charge in [-0.25, -0.2) is 0 Å². The third-order valence-electron chi connectivity index (χ3n) is 2.68. The van der Waals surface area contributed by atoms with Gasteiger partial charge in [-0.05, 0) is 36.6 Å². The summed E-state index contributed by atoms with van der Waals surface area (Å²) in [7, 11) is 0. The van der Waals surface area contributed by atoms with Crippen molar-refractivity contribution in [2.24, 2.45) is 10.2 Å². The van der Waals surface area contributed by atoms with Crippen molar-refractivity contribution in [1.82, 2.24) is 9.61 Å². The van der Waals surface area contributed by atoms with Crippen molar-refractivity contribution in [3.63, 3.8) is 0 Å². The number of halogens is 1. The molecule has 3 aromatic rings. The van der Waals surface area contributed by atoms with E-state index in [1.54, 1.807) is 36.6 Å². The fraction of sp³-hybridized carbons (Fsp3) is 0.0769. The molecule has 2 heterocycles. The molecule has 0 aliphatic carbocycles. The minimum atomic E-state index is -0.171. The van der Waals surface area contributed by atoms with Crippen LogP contribution in [0.25, 0.3) is 4.83 Å². The summed E-state index contributed by atoms with van der Waals surface area (Å²) in [5.74, 6) is 0. The maximum Gasteiger partial charge on any atom is 0.273 e. The highest BCUT2D eigenvalue weighted by Crippen LogP contribution is 2.28. The topological polar surface area (TPSA) is 59.1 Å². The van der Waals surface area contributed by atoms with Gasteiger partial charge in [0.25, 0.3) is 5.56 Å². The van der Waals surface area contributed by atoms with E-state index in [1.165, 1.54) is 21.9 Å². The average Bonchev–Trinajstić information content (AvgIpc) is 2.76. The van der Waals surface area contributed by atoms with E-state index in [4.69, 9.17) is 11.6 Å². The molecule has 0 saturated carbocycles. The Morgan fingerprint density at radius 1 is 1.20 bits per heavy atom. The second-order valence-corrected chi connectivity index (χ2v) is 5.42. The Labute approximate surface area is 123 Å². The zero-order valence-corrected chi connectivity index (χ0v) is 12.0. The number of benzene rings is 1. The van der Waals surface area contributed by atoms with Crippen molar-refractivity contribution < 1.29 is 0 Å². The lowest BCUT2D eigenvalue weighted by Gasteiger charge is -1.93. The first-order valence-electron chi connectivity index (χ1n) is 5.79. The largest absolute Gasteiger partial charge is 0.273 e. The lowest BCUT2D eigenvalue weighted by molar-refractivity contribution is 0.905. The number of azo groups is 1. The highest BCUT2D eigenvalue weighted by molar-refractivity contribution is 7.15. The molecule has 0 amide bonds. The Kier molecular flexibility index (Phi) is 3.33. The third kappa shape index (κ3) is 2.35. The van der Waals surface area contributed by atoms with Crippen LogP contribution in [0.5, 0.6) is 0 Å². The summed E-state index contributed by atoms with van der Waals surface area (Å²) in [6, 6.07) is 8.52. The summed E-state index contributed by atoms with van der Waals surface area (Å²) < 4.78 is 1.34. The highest BCUT2D eigenvalue weighted by Gasteiger charge is 2.10. The standard InChI is InChI=1S/C13H9ClN4OS/c1-8-12(13-18(17-8)11(19)6-7-20-13)16-15-10-4-2-9(14)3-5-10/h2-7H,1H3. The lowest BCUT2D eigenvalue weighted by Crippen LogP contribution is -2.10. The molecule has 0 radical (unpaired) electrons. The van der Waals surface area contributed by atoms with Crippen LogP contribution in [-0.4, -0.2) is 9.61 Å². The van der Waals surface area contributed by atoms with Crippen molar-refractivity contribution in [2.75, 3.05) is 0 Å². The quantitative estimate of drug-likeness (QED) is 0.668. The monoisotopic (exact) mass is 304 g/mol. The molecule has 2 aromatic heterocycles. The number of hydrogen-bond acceptors (Lipinski definition) is 5. The molecule has 0 unspecified atom stereocenters. The summed E-state index contributed by atoms with van der Waals surface area (Å²) in [4.78, 5) is 12.4. The molecule has 0 N–H and O–H groups in total. The highest BCUT2D eigenvalue weighted by atomic mass is 35.5. The second-order valence-electron chi connectivity index (χ2n) is 4.09. The molecule has 0 bridgehead atoms.